The molecule has 2 aliphatic heterocycles. The molecule has 2 aliphatic rings. The summed E-state index contributed by atoms with van der Waals surface area (Å²) in [6.07, 6.45) is 1.59. The van der Waals surface area contributed by atoms with Crippen molar-refractivity contribution in [1.82, 2.24) is 9.88 Å². The van der Waals surface area contributed by atoms with Gasteiger partial charge in [-0.3, -0.25) is 4.79 Å². The summed E-state index contributed by atoms with van der Waals surface area (Å²) < 4.78 is 12.8. The molecule has 1 saturated heterocycles. The Labute approximate surface area is 223 Å². The summed E-state index contributed by atoms with van der Waals surface area (Å²) in [5.41, 5.74) is 1.20. The first kappa shape index (κ1) is 24.5. The van der Waals surface area contributed by atoms with Gasteiger partial charge in [0.1, 0.15) is 0 Å². The molecule has 0 spiro atoms. The number of ether oxygens (including phenoxy) is 2. The zero-order chi connectivity index (χ0) is 25.3. The van der Waals surface area contributed by atoms with E-state index in [1.807, 2.05) is 37.3 Å². The van der Waals surface area contributed by atoms with Gasteiger partial charge in [-0.25, -0.2) is 9.78 Å². The molecule has 0 radical (unpaired) electrons. The highest BCUT2D eigenvalue weighted by atomic mass is 127. The van der Waals surface area contributed by atoms with Crippen molar-refractivity contribution >= 4 is 45.8 Å². The molecule has 1 amide bonds. The third kappa shape index (κ3) is 4.41. The summed E-state index contributed by atoms with van der Waals surface area (Å²) in [5.74, 6) is -0.816. The zero-order valence-electron chi connectivity index (χ0n) is 20.2. The van der Waals surface area contributed by atoms with Gasteiger partial charge < -0.3 is 24.6 Å². The smallest absolute Gasteiger partial charge is 0.339 e. The van der Waals surface area contributed by atoms with Crippen molar-refractivity contribution in [1.29, 1.82) is 0 Å². The Kier molecular flexibility index (Phi) is 6.85. The topological polar surface area (TPSA) is 84.0 Å². The summed E-state index contributed by atoms with van der Waals surface area (Å²) in [6.45, 7) is 6.04. The van der Waals surface area contributed by atoms with Gasteiger partial charge in [-0.2, -0.15) is 0 Å². The first-order valence-corrected chi connectivity index (χ1v) is 13.0. The van der Waals surface area contributed by atoms with Gasteiger partial charge in [-0.05, 0) is 91.2 Å². The number of benzene rings is 2. The number of nitrogens with one attached hydrogen (secondary N) is 1. The summed E-state index contributed by atoms with van der Waals surface area (Å²) >= 11 is 2.18. The lowest BCUT2D eigenvalue weighted by Gasteiger charge is -2.34. The molecule has 5 rings (SSSR count). The lowest BCUT2D eigenvalue weighted by molar-refractivity contribution is -0.131. The molecule has 0 aliphatic carbocycles. The van der Waals surface area contributed by atoms with Crippen molar-refractivity contribution in [2.75, 3.05) is 50.1 Å². The fraction of sp³-hybridized carbons (Fsp3) is 0.296. The van der Waals surface area contributed by atoms with Gasteiger partial charge in [0.25, 0.3) is 5.91 Å². The first-order valence-electron chi connectivity index (χ1n) is 11.9. The SMILES string of the molecule is CCOc1ncccc1C1(OC(=O)c2ccc(N3CCN(C)CC3)cc2)C(=O)Nc2ccc(I)cc21. The second-order valence-corrected chi connectivity index (χ2v) is 10.1. The van der Waals surface area contributed by atoms with Crippen LogP contribution in [0, 0.1) is 3.57 Å². The molecule has 3 aromatic rings. The van der Waals surface area contributed by atoms with E-state index in [9.17, 15) is 9.59 Å². The van der Waals surface area contributed by atoms with E-state index in [0.717, 1.165) is 35.4 Å². The van der Waals surface area contributed by atoms with E-state index in [1.54, 1.807) is 30.5 Å². The number of hydrogen-bond acceptors (Lipinski definition) is 7. The molecule has 1 fully saturated rings. The summed E-state index contributed by atoms with van der Waals surface area (Å²) in [6, 6.07) is 16.3. The quantitative estimate of drug-likeness (QED) is 0.341. The van der Waals surface area contributed by atoms with E-state index in [1.165, 1.54) is 0 Å². The number of fused-ring (bicyclic) bond motifs is 1. The highest BCUT2D eigenvalue weighted by Gasteiger charge is 2.54. The molecule has 1 N–H and O–H groups in total. The van der Waals surface area contributed by atoms with Crippen molar-refractivity contribution < 1.29 is 19.1 Å². The predicted octanol–water partition coefficient (Wildman–Crippen LogP) is 3.89. The number of aromatic nitrogens is 1. The number of likely N-dealkylation sites (N-methyl/N-ethyl adjacent to an activating group) is 1. The molecule has 3 heterocycles. The predicted molar refractivity (Wildman–Crippen MR) is 146 cm³/mol. The van der Waals surface area contributed by atoms with E-state index >= 15 is 0 Å². The Bertz CT molecular complexity index is 1290. The second-order valence-electron chi connectivity index (χ2n) is 8.84. The highest BCUT2D eigenvalue weighted by molar-refractivity contribution is 14.1. The van der Waals surface area contributed by atoms with Gasteiger partial charge in [0.15, 0.2) is 0 Å². The van der Waals surface area contributed by atoms with Crippen LogP contribution in [-0.2, 0) is 15.1 Å². The van der Waals surface area contributed by atoms with Crippen molar-refractivity contribution in [3.8, 4) is 5.88 Å². The molecule has 1 unspecified atom stereocenters. The van der Waals surface area contributed by atoms with E-state index in [2.05, 4.69) is 49.7 Å². The number of halogens is 1. The number of rotatable bonds is 6. The van der Waals surface area contributed by atoms with Gasteiger partial charge in [0, 0.05) is 52.9 Å². The molecule has 186 valence electrons. The standard InChI is InChI=1S/C27H27IN4O4/c1-3-35-24-21(5-4-12-29-24)27(22-17-19(28)8-11-23(22)30-26(27)34)36-25(33)18-6-9-20(10-7-18)32-15-13-31(2)14-16-32/h4-12,17H,3,13-16H2,1-2H3,(H,30,34). The van der Waals surface area contributed by atoms with E-state index in [-0.39, 0.29) is 5.88 Å². The molecular formula is C27H27IN4O4. The van der Waals surface area contributed by atoms with Crippen LogP contribution in [0.1, 0.15) is 28.4 Å². The highest BCUT2D eigenvalue weighted by Crippen LogP contribution is 2.47. The summed E-state index contributed by atoms with van der Waals surface area (Å²) in [7, 11) is 2.11. The van der Waals surface area contributed by atoms with E-state index in [4.69, 9.17) is 9.47 Å². The number of nitrogens with zero attached hydrogens (tertiary/aromatic N) is 3. The molecule has 0 saturated carbocycles. The maximum absolute atomic E-state index is 13.6. The summed E-state index contributed by atoms with van der Waals surface area (Å²) in [5, 5.41) is 2.88. The number of piperazine rings is 1. The van der Waals surface area contributed by atoms with Crippen LogP contribution in [0.2, 0.25) is 0 Å². The minimum Gasteiger partial charge on any atom is -0.478 e. The van der Waals surface area contributed by atoms with Gasteiger partial charge in [0.05, 0.1) is 17.7 Å². The molecule has 0 bridgehead atoms. The number of esters is 1. The van der Waals surface area contributed by atoms with Crippen LogP contribution >= 0.6 is 22.6 Å². The molecule has 1 aromatic heterocycles. The van der Waals surface area contributed by atoms with Crippen LogP contribution in [-0.4, -0.2) is 61.6 Å². The largest absolute Gasteiger partial charge is 0.478 e. The average Bonchev–Trinajstić information content (AvgIpc) is 3.16. The van der Waals surface area contributed by atoms with Gasteiger partial charge >= 0.3 is 5.97 Å². The molecule has 8 nitrogen and oxygen atoms in total. The van der Waals surface area contributed by atoms with Crippen molar-refractivity contribution in [3.05, 3.63) is 81.1 Å². The van der Waals surface area contributed by atoms with E-state index < -0.39 is 17.5 Å². The fourth-order valence-electron chi connectivity index (χ4n) is 4.65. The third-order valence-corrected chi connectivity index (χ3v) is 7.25. The van der Waals surface area contributed by atoms with Crippen LogP contribution < -0.4 is 15.0 Å². The average molecular weight is 598 g/mol. The van der Waals surface area contributed by atoms with Gasteiger partial charge in [-0.15, -0.1) is 0 Å². The number of anilines is 2. The van der Waals surface area contributed by atoms with Crippen LogP contribution in [0.3, 0.4) is 0 Å². The van der Waals surface area contributed by atoms with Crippen molar-refractivity contribution in [2.45, 2.75) is 12.5 Å². The molecule has 9 heteroatoms. The minimum absolute atomic E-state index is 0.250. The van der Waals surface area contributed by atoms with E-state index in [0.29, 0.717) is 29.0 Å². The fourth-order valence-corrected chi connectivity index (χ4v) is 5.15. The lowest BCUT2D eigenvalue weighted by Crippen LogP contribution is -2.44. The Morgan fingerprint density at radius 1 is 1.08 bits per heavy atom. The Morgan fingerprint density at radius 2 is 1.83 bits per heavy atom. The zero-order valence-corrected chi connectivity index (χ0v) is 22.3. The number of carbonyl (C=O) groups is 2. The van der Waals surface area contributed by atoms with Crippen molar-refractivity contribution in [2.24, 2.45) is 0 Å². The Hall–Kier alpha value is -3.18. The minimum atomic E-state index is -1.73. The number of amides is 1. The number of hydrogen-bond donors (Lipinski definition) is 1. The first-order chi connectivity index (χ1) is 17.4. The van der Waals surface area contributed by atoms with Crippen LogP contribution in [0.4, 0.5) is 11.4 Å². The van der Waals surface area contributed by atoms with Crippen LogP contribution in [0.25, 0.3) is 0 Å². The van der Waals surface area contributed by atoms with Gasteiger partial charge in [0.2, 0.25) is 11.5 Å². The third-order valence-electron chi connectivity index (χ3n) is 6.58. The Morgan fingerprint density at radius 3 is 2.56 bits per heavy atom. The van der Waals surface area contributed by atoms with Crippen molar-refractivity contribution in [3.63, 3.8) is 0 Å². The summed E-state index contributed by atoms with van der Waals surface area (Å²) in [4.78, 5) is 36.0. The maximum atomic E-state index is 13.6. The van der Waals surface area contributed by atoms with Crippen LogP contribution in [0.5, 0.6) is 5.88 Å². The Balaban J connectivity index is 1.52. The number of carbonyl (C=O) groups excluding carboxylic acids is 2. The lowest BCUT2D eigenvalue weighted by atomic mass is 9.87. The molecule has 2 aromatic carbocycles. The molecule has 1 atom stereocenters. The maximum Gasteiger partial charge on any atom is 0.339 e. The van der Waals surface area contributed by atoms with Crippen LogP contribution in [0.15, 0.2) is 60.8 Å². The molecule has 36 heavy (non-hydrogen) atoms. The molecular weight excluding hydrogens is 571 g/mol. The number of pyridine rings is 1. The normalized spacial score (nSPS) is 19.5. The monoisotopic (exact) mass is 598 g/mol. The van der Waals surface area contributed by atoms with Gasteiger partial charge in [-0.1, -0.05) is 0 Å². The second kappa shape index (κ2) is 10.1.